The summed E-state index contributed by atoms with van der Waals surface area (Å²) in [6.07, 6.45) is 0.348. The Kier molecular flexibility index (Phi) is 4.08. The lowest BCUT2D eigenvalue weighted by Crippen LogP contribution is -2.25. The van der Waals surface area contributed by atoms with Crippen molar-refractivity contribution in [2.24, 2.45) is 11.1 Å². The van der Waals surface area contributed by atoms with Crippen molar-refractivity contribution >= 4 is 6.09 Å². The summed E-state index contributed by atoms with van der Waals surface area (Å²) in [6.45, 7) is 6.04. The molecule has 1 aliphatic carbocycles. The molecule has 126 valence electrons. The molecule has 2 aromatic rings. The highest BCUT2D eigenvalue weighted by atomic mass is 19.1. The molecule has 1 amide bonds. The van der Waals surface area contributed by atoms with Gasteiger partial charge in [0.25, 0.3) is 0 Å². The molecular formula is C20H22FNO2. The van der Waals surface area contributed by atoms with Gasteiger partial charge < -0.3 is 10.5 Å². The number of ether oxygens (including phenoxy) is 1. The van der Waals surface area contributed by atoms with Crippen LogP contribution in [0.2, 0.25) is 0 Å². The van der Waals surface area contributed by atoms with Gasteiger partial charge in [0.05, 0.1) is 0 Å². The summed E-state index contributed by atoms with van der Waals surface area (Å²) in [7, 11) is 0. The molecular weight excluding hydrogens is 305 g/mol. The number of fused-ring (bicyclic) bond motifs is 1. The first-order valence-electron chi connectivity index (χ1n) is 8.19. The quantitative estimate of drug-likeness (QED) is 0.882. The van der Waals surface area contributed by atoms with Crippen LogP contribution in [0.5, 0.6) is 0 Å². The Labute approximate surface area is 141 Å². The molecule has 0 bridgehead atoms. The number of hydrogen-bond donors (Lipinski definition) is 1. The number of amides is 1. The van der Waals surface area contributed by atoms with E-state index in [0.29, 0.717) is 6.42 Å². The van der Waals surface area contributed by atoms with Crippen molar-refractivity contribution < 1.29 is 13.9 Å². The van der Waals surface area contributed by atoms with E-state index in [0.717, 1.165) is 34.2 Å². The van der Waals surface area contributed by atoms with Gasteiger partial charge in [-0.05, 0) is 46.7 Å². The van der Waals surface area contributed by atoms with Crippen LogP contribution in [-0.2, 0) is 17.6 Å². The summed E-state index contributed by atoms with van der Waals surface area (Å²) in [6, 6.07) is 11.3. The van der Waals surface area contributed by atoms with E-state index in [2.05, 4.69) is 19.9 Å². The lowest BCUT2D eigenvalue weighted by atomic mass is 9.87. The molecule has 0 heterocycles. The molecule has 2 aromatic carbocycles. The monoisotopic (exact) mass is 327 g/mol. The van der Waals surface area contributed by atoms with Gasteiger partial charge in [0, 0.05) is 5.41 Å². The van der Waals surface area contributed by atoms with Crippen LogP contribution in [0.25, 0.3) is 11.1 Å². The van der Waals surface area contributed by atoms with Crippen LogP contribution in [-0.4, -0.2) is 6.09 Å². The molecule has 0 unspecified atom stereocenters. The van der Waals surface area contributed by atoms with Gasteiger partial charge in [-0.3, -0.25) is 0 Å². The minimum absolute atomic E-state index is 0.175. The van der Waals surface area contributed by atoms with Crippen LogP contribution < -0.4 is 5.73 Å². The SMILES string of the molecule is CCc1ccc(-c2ccc3c(c2)CC(C)(C)[C@H]3OC(N)=O)cc1F. The van der Waals surface area contributed by atoms with Gasteiger partial charge in [-0.15, -0.1) is 0 Å². The number of rotatable bonds is 3. The van der Waals surface area contributed by atoms with Gasteiger partial charge >= 0.3 is 6.09 Å². The number of carbonyl (C=O) groups is 1. The van der Waals surface area contributed by atoms with Crippen LogP contribution in [0.15, 0.2) is 36.4 Å². The standard InChI is InChI=1S/C20H22FNO2/c1-4-12-5-6-14(10-17(12)21)13-7-8-16-15(9-13)11-20(2,3)18(16)24-19(22)23/h5-10,18H,4,11H2,1-3H3,(H2,22,23)/t18-/m0/s1. The zero-order valence-corrected chi connectivity index (χ0v) is 14.2. The van der Waals surface area contributed by atoms with Crippen LogP contribution in [0.1, 0.15) is 43.6 Å². The Morgan fingerprint density at radius 2 is 1.92 bits per heavy atom. The van der Waals surface area contributed by atoms with Gasteiger partial charge in [0.1, 0.15) is 11.9 Å². The van der Waals surface area contributed by atoms with Crippen molar-refractivity contribution in [2.75, 3.05) is 0 Å². The van der Waals surface area contributed by atoms with Crippen molar-refractivity contribution in [3.05, 3.63) is 58.9 Å². The van der Waals surface area contributed by atoms with Crippen molar-refractivity contribution in [3.63, 3.8) is 0 Å². The predicted molar refractivity (Wildman–Crippen MR) is 92.1 cm³/mol. The number of hydrogen-bond acceptors (Lipinski definition) is 2. The molecule has 3 nitrogen and oxygen atoms in total. The molecule has 0 aromatic heterocycles. The fourth-order valence-electron chi connectivity index (χ4n) is 3.55. The number of benzene rings is 2. The summed E-state index contributed by atoms with van der Waals surface area (Å²) in [5.41, 5.74) is 9.63. The van der Waals surface area contributed by atoms with Crippen molar-refractivity contribution in [3.8, 4) is 11.1 Å². The van der Waals surface area contributed by atoms with E-state index < -0.39 is 6.09 Å². The van der Waals surface area contributed by atoms with E-state index in [1.807, 2.05) is 31.2 Å². The third kappa shape index (κ3) is 2.88. The van der Waals surface area contributed by atoms with Crippen molar-refractivity contribution in [1.29, 1.82) is 0 Å². The molecule has 0 spiro atoms. The summed E-state index contributed by atoms with van der Waals surface area (Å²) >= 11 is 0. The van der Waals surface area contributed by atoms with E-state index in [1.165, 1.54) is 0 Å². The lowest BCUT2D eigenvalue weighted by Gasteiger charge is -2.26. The molecule has 4 heteroatoms. The van der Waals surface area contributed by atoms with Gasteiger partial charge in [0.15, 0.2) is 0 Å². The fourth-order valence-corrected chi connectivity index (χ4v) is 3.55. The molecule has 1 atom stereocenters. The number of halogens is 1. The van der Waals surface area contributed by atoms with E-state index in [4.69, 9.17) is 10.5 Å². The highest BCUT2D eigenvalue weighted by Crippen LogP contribution is 2.48. The maximum absolute atomic E-state index is 14.1. The smallest absolute Gasteiger partial charge is 0.405 e. The molecule has 1 aliphatic rings. The number of nitrogens with two attached hydrogens (primary N) is 1. The first-order valence-corrected chi connectivity index (χ1v) is 8.19. The van der Waals surface area contributed by atoms with E-state index in [9.17, 15) is 9.18 Å². The van der Waals surface area contributed by atoms with Crippen LogP contribution in [0.3, 0.4) is 0 Å². The summed E-state index contributed by atoms with van der Waals surface area (Å²) in [5, 5.41) is 0. The Balaban J connectivity index is 1.99. The summed E-state index contributed by atoms with van der Waals surface area (Å²) in [4.78, 5) is 11.2. The largest absolute Gasteiger partial charge is 0.441 e. The molecule has 0 saturated heterocycles. The highest BCUT2D eigenvalue weighted by Gasteiger charge is 2.41. The summed E-state index contributed by atoms with van der Waals surface area (Å²) < 4.78 is 19.4. The topological polar surface area (TPSA) is 52.3 Å². The normalized spacial score (nSPS) is 18.2. The molecule has 24 heavy (non-hydrogen) atoms. The minimum atomic E-state index is -0.762. The van der Waals surface area contributed by atoms with Crippen LogP contribution in [0.4, 0.5) is 9.18 Å². The molecule has 3 rings (SSSR count). The van der Waals surface area contributed by atoms with Crippen LogP contribution >= 0.6 is 0 Å². The van der Waals surface area contributed by atoms with E-state index >= 15 is 0 Å². The van der Waals surface area contributed by atoms with Gasteiger partial charge in [-0.25, -0.2) is 9.18 Å². The van der Waals surface area contributed by atoms with E-state index in [-0.39, 0.29) is 17.3 Å². The molecule has 0 fully saturated rings. The Morgan fingerprint density at radius 1 is 1.25 bits per heavy atom. The zero-order chi connectivity index (χ0) is 17.5. The molecule has 0 aliphatic heterocycles. The second-order valence-corrected chi connectivity index (χ2v) is 7.06. The van der Waals surface area contributed by atoms with Gasteiger partial charge in [0.2, 0.25) is 0 Å². The Hall–Kier alpha value is -2.36. The third-order valence-corrected chi connectivity index (χ3v) is 4.78. The van der Waals surface area contributed by atoms with Crippen molar-refractivity contribution in [2.45, 2.75) is 39.7 Å². The third-order valence-electron chi connectivity index (χ3n) is 4.78. The fraction of sp³-hybridized carbons (Fsp3) is 0.350. The Morgan fingerprint density at radius 3 is 2.54 bits per heavy atom. The molecule has 0 radical (unpaired) electrons. The first-order chi connectivity index (χ1) is 11.3. The first kappa shape index (κ1) is 16.5. The highest BCUT2D eigenvalue weighted by molar-refractivity contribution is 5.68. The molecule has 2 N–H and O–H groups in total. The number of carbonyl (C=O) groups excluding carboxylic acids is 1. The molecule has 0 saturated carbocycles. The predicted octanol–water partition coefficient (Wildman–Crippen LogP) is 4.77. The van der Waals surface area contributed by atoms with Crippen LogP contribution in [0, 0.1) is 11.2 Å². The minimum Gasteiger partial charge on any atom is -0.441 e. The second-order valence-electron chi connectivity index (χ2n) is 7.06. The zero-order valence-electron chi connectivity index (χ0n) is 14.2. The average Bonchev–Trinajstić information content (AvgIpc) is 2.76. The van der Waals surface area contributed by atoms with Gasteiger partial charge in [-0.2, -0.15) is 0 Å². The lowest BCUT2D eigenvalue weighted by molar-refractivity contribution is 0.0392. The Bertz CT molecular complexity index is 798. The van der Waals surface area contributed by atoms with Gasteiger partial charge in [-0.1, -0.05) is 51.1 Å². The average molecular weight is 327 g/mol. The maximum atomic E-state index is 14.1. The second kappa shape index (κ2) is 5.93. The summed E-state index contributed by atoms with van der Waals surface area (Å²) in [5.74, 6) is -0.175. The number of aryl methyl sites for hydroxylation is 1. The van der Waals surface area contributed by atoms with E-state index in [1.54, 1.807) is 6.07 Å². The van der Waals surface area contributed by atoms with Crippen molar-refractivity contribution in [1.82, 2.24) is 0 Å². The maximum Gasteiger partial charge on any atom is 0.405 e. The number of primary amides is 1.